The Morgan fingerprint density at radius 2 is 1.84 bits per heavy atom. The van der Waals surface area contributed by atoms with Crippen LogP contribution in [0.3, 0.4) is 0 Å². The Kier molecular flexibility index (Phi) is 6.46. The molecule has 25 heavy (non-hydrogen) atoms. The van der Waals surface area contributed by atoms with E-state index in [1.807, 2.05) is 19.9 Å². The summed E-state index contributed by atoms with van der Waals surface area (Å²) in [6.07, 6.45) is 0. The molecule has 2 rings (SSSR count). The minimum Gasteiger partial charge on any atom is -0.455 e. The minimum absolute atomic E-state index is 0.0188. The van der Waals surface area contributed by atoms with Crippen molar-refractivity contribution >= 4 is 29.3 Å². The second-order valence-corrected chi connectivity index (χ2v) is 6.36. The van der Waals surface area contributed by atoms with Crippen molar-refractivity contribution in [1.82, 2.24) is 9.97 Å². The van der Waals surface area contributed by atoms with Gasteiger partial charge in [-0.15, -0.1) is 0 Å². The van der Waals surface area contributed by atoms with Crippen LogP contribution in [-0.2, 0) is 14.3 Å². The molecule has 8 heteroatoms. The highest BCUT2D eigenvalue weighted by atomic mass is 32.2. The van der Waals surface area contributed by atoms with Gasteiger partial charge in [0.1, 0.15) is 5.82 Å². The van der Waals surface area contributed by atoms with Crippen LogP contribution in [0.4, 0.5) is 10.1 Å². The summed E-state index contributed by atoms with van der Waals surface area (Å²) >= 11 is 1.13. The van der Waals surface area contributed by atoms with Crippen molar-refractivity contribution in [2.45, 2.75) is 25.9 Å². The molecule has 1 aromatic heterocycles. The summed E-state index contributed by atoms with van der Waals surface area (Å²) in [4.78, 5) is 31.8. The third-order valence-corrected chi connectivity index (χ3v) is 3.86. The highest BCUT2D eigenvalue weighted by Gasteiger charge is 2.12. The molecule has 0 unspecified atom stereocenters. The largest absolute Gasteiger partial charge is 0.455 e. The van der Waals surface area contributed by atoms with Gasteiger partial charge in [0.15, 0.2) is 11.8 Å². The smallest absolute Gasteiger partial charge is 0.316 e. The number of hydrogen-bond donors (Lipinski definition) is 1. The number of hydrogen-bond acceptors (Lipinski definition) is 6. The number of esters is 1. The van der Waals surface area contributed by atoms with Gasteiger partial charge in [0.25, 0.3) is 5.91 Å². The first kappa shape index (κ1) is 18.9. The lowest BCUT2D eigenvalue weighted by atomic mass is 10.2. The zero-order valence-corrected chi connectivity index (χ0v) is 14.9. The number of nitrogens with zero attached hydrogens (tertiary/aromatic N) is 2. The molecule has 0 atom stereocenters. The molecular weight excluding hydrogens is 345 g/mol. The molecule has 1 heterocycles. The SMILES string of the molecule is Cc1ccc(NC(=O)COC(=O)CSc2nc(C)cc(C)n2)c(F)c1. The van der Waals surface area contributed by atoms with Crippen LogP contribution >= 0.6 is 11.8 Å². The molecule has 1 N–H and O–H groups in total. The Bertz CT molecular complexity index is 778. The van der Waals surface area contributed by atoms with Gasteiger partial charge in [-0.2, -0.15) is 0 Å². The van der Waals surface area contributed by atoms with E-state index in [2.05, 4.69) is 15.3 Å². The van der Waals surface area contributed by atoms with Gasteiger partial charge in [-0.1, -0.05) is 17.8 Å². The van der Waals surface area contributed by atoms with Gasteiger partial charge in [0, 0.05) is 11.4 Å². The maximum atomic E-state index is 13.6. The number of nitrogens with one attached hydrogen (secondary N) is 1. The summed E-state index contributed by atoms with van der Waals surface area (Å²) in [5.74, 6) is -1.74. The number of anilines is 1. The first-order valence-corrected chi connectivity index (χ1v) is 8.49. The summed E-state index contributed by atoms with van der Waals surface area (Å²) in [6.45, 7) is 4.94. The average molecular weight is 363 g/mol. The number of aromatic nitrogens is 2. The molecule has 1 amide bonds. The molecule has 0 aliphatic rings. The number of amides is 1. The Morgan fingerprint density at radius 1 is 1.16 bits per heavy atom. The van der Waals surface area contributed by atoms with E-state index in [-0.39, 0.29) is 11.4 Å². The standard InChI is InChI=1S/C17H18FN3O3S/c1-10-4-5-14(13(18)6-10)21-15(22)8-24-16(23)9-25-17-19-11(2)7-12(3)20-17/h4-7H,8-9H2,1-3H3,(H,21,22). The Hall–Kier alpha value is -2.48. The van der Waals surface area contributed by atoms with E-state index >= 15 is 0 Å². The van der Waals surface area contributed by atoms with Gasteiger partial charge in [0.2, 0.25) is 0 Å². The number of ether oxygens (including phenoxy) is 1. The van der Waals surface area contributed by atoms with Crippen molar-refractivity contribution in [2.24, 2.45) is 0 Å². The number of aryl methyl sites for hydroxylation is 3. The van der Waals surface area contributed by atoms with E-state index in [9.17, 15) is 14.0 Å². The predicted molar refractivity (Wildman–Crippen MR) is 93.0 cm³/mol. The zero-order valence-electron chi connectivity index (χ0n) is 14.1. The summed E-state index contributed by atoms with van der Waals surface area (Å²) in [5.41, 5.74) is 2.41. The fourth-order valence-corrected chi connectivity index (χ4v) is 2.72. The van der Waals surface area contributed by atoms with E-state index in [0.717, 1.165) is 28.7 Å². The van der Waals surface area contributed by atoms with Crippen LogP contribution in [0.15, 0.2) is 29.4 Å². The third kappa shape index (κ3) is 6.15. The van der Waals surface area contributed by atoms with Crippen LogP contribution in [0.2, 0.25) is 0 Å². The first-order chi connectivity index (χ1) is 11.8. The molecule has 0 spiro atoms. The van der Waals surface area contributed by atoms with Gasteiger partial charge in [-0.25, -0.2) is 14.4 Å². The third-order valence-electron chi connectivity index (χ3n) is 3.04. The van der Waals surface area contributed by atoms with Gasteiger partial charge in [-0.3, -0.25) is 9.59 Å². The van der Waals surface area contributed by atoms with Crippen LogP contribution in [0.1, 0.15) is 17.0 Å². The molecule has 6 nitrogen and oxygen atoms in total. The zero-order chi connectivity index (χ0) is 18.4. The number of carbonyl (C=O) groups is 2. The van der Waals surface area contributed by atoms with Gasteiger partial charge in [0.05, 0.1) is 11.4 Å². The molecule has 2 aromatic rings. The topological polar surface area (TPSA) is 81.2 Å². The Labute approximate surface area is 149 Å². The van der Waals surface area contributed by atoms with Crippen LogP contribution in [0, 0.1) is 26.6 Å². The molecule has 0 radical (unpaired) electrons. The number of carbonyl (C=O) groups excluding carboxylic acids is 2. The average Bonchev–Trinajstić information content (AvgIpc) is 2.53. The lowest BCUT2D eigenvalue weighted by Gasteiger charge is -2.08. The van der Waals surface area contributed by atoms with Gasteiger partial charge < -0.3 is 10.1 Å². The number of rotatable bonds is 6. The normalized spacial score (nSPS) is 10.4. The molecule has 0 fully saturated rings. The summed E-state index contributed by atoms with van der Waals surface area (Å²) in [6, 6.07) is 6.27. The maximum Gasteiger partial charge on any atom is 0.316 e. The lowest BCUT2D eigenvalue weighted by Crippen LogP contribution is -2.22. The highest BCUT2D eigenvalue weighted by Crippen LogP contribution is 2.16. The van der Waals surface area contributed by atoms with Crippen molar-refractivity contribution in [1.29, 1.82) is 0 Å². The Balaban J connectivity index is 1.78. The van der Waals surface area contributed by atoms with Gasteiger partial charge in [-0.05, 0) is 44.5 Å². The molecule has 1 aromatic carbocycles. The fraction of sp³-hybridized carbons (Fsp3) is 0.294. The molecule has 0 aliphatic carbocycles. The van der Waals surface area contributed by atoms with Crippen LogP contribution in [0.25, 0.3) is 0 Å². The van der Waals surface area contributed by atoms with Gasteiger partial charge >= 0.3 is 5.97 Å². The van der Waals surface area contributed by atoms with Crippen molar-refractivity contribution in [2.75, 3.05) is 17.7 Å². The second-order valence-electron chi connectivity index (χ2n) is 5.41. The van der Waals surface area contributed by atoms with E-state index in [4.69, 9.17) is 4.74 Å². The van der Waals surface area contributed by atoms with Crippen LogP contribution in [-0.4, -0.2) is 34.2 Å². The number of benzene rings is 1. The van der Waals surface area contributed by atoms with Crippen molar-refractivity contribution in [3.05, 3.63) is 47.0 Å². The maximum absolute atomic E-state index is 13.6. The summed E-state index contributed by atoms with van der Waals surface area (Å²) in [5, 5.41) is 2.83. The molecule has 0 saturated heterocycles. The molecule has 132 valence electrons. The van der Waals surface area contributed by atoms with Crippen molar-refractivity contribution in [3.63, 3.8) is 0 Å². The first-order valence-electron chi connectivity index (χ1n) is 7.50. The second kappa shape index (κ2) is 8.57. The van der Waals surface area contributed by atoms with E-state index in [0.29, 0.717) is 5.16 Å². The number of thioether (sulfide) groups is 1. The van der Waals surface area contributed by atoms with Crippen LogP contribution in [0.5, 0.6) is 0 Å². The Morgan fingerprint density at radius 3 is 2.48 bits per heavy atom. The van der Waals surface area contributed by atoms with E-state index in [1.165, 1.54) is 12.1 Å². The van der Waals surface area contributed by atoms with Crippen molar-refractivity contribution < 1.29 is 18.7 Å². The van der Waals surface area contributed by atoms with E-state index in [1.54, 1.807) is 13.0 Å². The quantitative estimate of drug-likeness (QED) is 0.483. The van der Waals surface area contributed by atoms with E-state index < -0.39 is 24.3 Å². The summed E-state index contributed by atoms with van der Waals surface area (Å²) < 4.78 is 18.5. The number of halogens is 1. The molecular formula is C17H18FN3O3S. The molecule has 0 saturated carbocycles. The van der Waals surface area contributed by atoms with Crippen molar-refractivity contribution in [3.8, 4) is 0 Å². The van der Waals surface area contributed by atoms with Crippen LogP contribution < -0.4 is 5.32 Å². The summed E-state index contributed by atoms with van der Waals surface area (Å²) in [7, 11) is 0. The molecule has 0 bridgehead atoms. The lowest BCUT2D eigenvalue weighted by molar-refractivity contribution is -0.144. The minimum atomic E-state index is -0.608. The predicted octanol–water partition coefficient (Wildman–Crippen LogP) is 2.81. The molecule has 0 aliphatic heterocycles. The monoisotopic (exact) mass is 363 g/mol. The highest BCUT2D eigenvalue weighted by molar-refractivity contribution is 7.99. The fourth-order valence-electron chi connectivity index (χ4n) is 1.98.